The molecule has 0 fully saturated rings. The first-order chi connectivity index (χ1) is 11.9. The average Bonchev–Trinajstić information content (AvgIpc) is 2.60. The van der Waals surface area contributed by atoms with Crippen LogP contribution in [0.2, 0.25) is 5.02 Å². The summed E-state index contributed by atoms with van der Waals surface area (Å²) in [5.41, 5.74) is 1.22. The normalized spacial score (nSPS) is 11.2. The summed E-state index contributed by atoms with van der Waals surface area (Å²) in [5.74, 6) is 1.17. The van der Waals surface area contributed by atoms with Gasteiger partial charge in [0.25, 0.3) is 0 Å². The maximum absolute atomic E-state index is 12.3. The number of halogens is 1. The second-order valence-electron chi connectivity index (χ2n) is 5.21. The zero-order valence-electron chi connectivity index (χ0n) is 14.2. The molecule has 0 saturated heterocycles. The molecule has 0 radical (unpaired) electrons. The molecular formula is C17H20ClNO5S. The van der Waals surface area contributed by atoms with Crippen molar-refractivity contribution in [2.45, 2.75) is 12.3 Å². The van der Waals surface area contributed by atoms with Crippen molar-refractivity contribution in [2.75, 3.05) is 21.3 Å². The summed E-state index contributed by atoms with van der Waals surface area (Å²) in [5, 5.41) is 0.417. The Labute approximate surface area is 152 Å². The molecule has 0 saturated carbocycles. The lowest BCUT2D eigenvalue weighted by Crippen LogP contribution is -2.24. The molecule has 0 aliphatic rings. The minimum atomic E-state index is -3.56. The van der Waals surface area contributed by atoms with Gasteiger partial charge in [-0.3, -0.25) is 0 Å². The Morgan fingerprint density at radius 3 is 2.12 bits per heavy atom. The maximum atomic E-state index is 12.3. The fourth-order valence-corrected chi connectivity index (χ4v) is 3.73. The second kappa shape index (κ2) is 8.42. The van der Waals surface area contributed by atoms with Gasteiger partial charge >= 0.3 is 0 Å². The quantitative estimate of drug-likeness (QED) is 0.756. The summed E-state index contributed by atoms with van der Waals surface area (Å²) < 4.78 is 42.9. The summed E-state index contributed by atoms with van der Waals surface area (Å²) in [4.78, 5) is 0. The van der Waals surface area contributed by atoms with Crippen LogP contribution in [-0.2, 0) is 22.3 Å². The van der Waals surface area contributed by atoms with Crippen molar-refractivity contribution in [3.8, 4) is 17.2 Å². The minimum Gasteiger partial charge on any atom is -0.493 e. The predicted octanol–water partition coefficient (Wildman–Crippen LogP) is 2.99. The van der Waals surface area contributed by atoms with E-state index in [0.29, 0.717) is 33.4 Å². The van der Waals surface area contributed by atoms with Crippen molar-refractivity contribution in [3.63, 3.8) is 0 Å². The molecule has 0 amide bonds. The molecule has 0 unspecified atom stereocenters. The Kier molecular flexibility index (Phi) is 6.52. The van der Waals surface area contributed by atoms with Crippen LogP contribution >= 0.6 is 11.6 Å². The van der Waals surface area contributed by atoms with Crippen molar-refractivity contribution in [1.29, 1.82) is 0 Å². The van der Waals surface area contributed by atoms with E-state index in [9.17, 15) is 8.42 Å². The first-order valence-corrected chi connectivity index (χ1v) is 9.43. The van der Waals surface area contributed by atoms with E-state index in [2.05, 4.69) is 4.72 Å². The lowest BCUT2D eigenvalue weighted by Gasteiger charge is -2.14. The molecule has 1 N–H and O–H groups in total. The first-order valence-electron chi connectivity index (χ1n) is 7.39. The van der Waals surface area contributed by atoms with E-state index in [4.69, 9.17) is 25.8 Å². The molecule has 6 nitrogen and oxygen atoms in total. The molecule has 25 heavy (non-hydrogen) atoms. The third-order valence-electron chi connectivity index (χ3n) is 3.52. The van der Waals surface area contributed by atoms with Crippen LogP contribution in [0.15, 0.2) is 36.4 Å². The number of sulfonamides is 1. The highest BCUT2D eigenvalue weighted by Gasteiger charge is 2.16. The Bertz CT molecular complexity index is 814. The average molecular weight is 386 g/mol. The number of benzene rings is 2. The van der Waals surface area contributed by atoms with E-state index >= 15 is 0 Å². The number of rotatable bonds is 8. The predicted molar refractivity (Wildman–Crippen MR) is 97.0 cm³/mol. The summed E-state index contributed by atoms with van der Waals surface area (Å²) >= 11 is 6.02. The van der Waals surface area contributed by atoms with E-state index in [0.717, 1.165) is 0 Å². The van der Waals surface area contributed by atoms with E-state index < -0.39 is 10.0 Å². The Balaban J connectivity index is 2.16. The van der Waals surface area contributed by atoms with Crippen LogP contribution < -0.4 is 18.9 Å². The van der Waals surface area contributed by atoms with E-state index in [1.165, 1.54) is 21.3 Å². The lowest BCUT2D eigenvalue weighted by atomic mass is 10.2. The third-order valence-corrected chi connectivity index (χ3v) is 5.17. The summed E-state index contributed by atoms with van der Waals surface area (Å²) in [6, 6.07) is 10.2. The molecule has 2 aromatic carbocycles. The van der Waals surface area contributed by atoms with Gasteiger partial charge in [0.15, 0.2) is 11.5 Å². The largest absolute Gasteiger partial charge is 0.493 e. The topological polar surface area (TPSA) is 73.9 Å². The fraction of sp³-hybridized carbons (Fsp3) is 0.294. The van der Waals surface area contributed by atoms with E-state index in [1.54, 1.807) is 36.4 Å². The van der Waals surface area contributed by atoms with Gasteiger partial charge in [-0.05, 0) is 29.3 Å². The standard InChI is InChI=1S/C17H20ClNO5S/c1-22-15-8-12(9-16(23-2)17(15)24-3)10-19-25(20,21)11-13-6-4-5-7-14(13)18/h4-9,19H,10-11H2,1-3H3. The van der Waals surface area contributed by atoms with Crippen LogP contribution in [0.25, 0.3) is 0 Å². The summed E-state index contributed by atoms with van der Waals surface area (Å²) in [7, 11) is 0.954. The van der Waals surface area contributed by atoms with Crippen molar-refractivity contribution >= 4 is 21.6 Å². The highest BCUT2D eigenvalue weighted by atomic mass is 35.5. The molecule has 2 rings (SSSR count). The van der Waals surface area contributed by atoms with Crippen molar-refractivity contribution < 1.29 is 22.6 Å². The van der Waals surface area contributed by atoms with Gasteiger partial charge in [0.1, 0.15) is 0 Å². The van der Waals surface area contributed by atoms with Gasteiger partial charge in [0, 0.05) is 11.6 Å². The Morgan fingerprint density at radius 1 is 1.00 bits per heavy atom. The van der Waals surface area contributed by atoms with Crippen molar-refractivity contribution in [2.24, 2.45) is 0 Å². The SMILES string of the molecule is COc1cc(CNS(=O)(=O)Cc2ccccc2Cl)cc(OC)c1OC. The van der Waals surface area contributed by atoms with Gasteiger partial charge in [0.05, 0.1) is 27.1 Å². The molecule has 136 valence electrons. The van der Waals surface area contributed by atoms with E-state index in [1.807, 2.05) is 0 Å². The second-order valence-corrected chi connectivity index (χ2v) is 7.42. The van der Waals surface area contributed by atoms with Gasteiger partial charge in [-0.25, -0.2) is 13.1 Å². The van der Waals surface area contributed by atoms with Gasteiger partial charge in [0.2, 0.25) is 15.8 Å². The summed E-state index contributed by atoms with van der Waals surface area (Å²) in [6.45, 7) is 0.0868. The number of methoxy groups -OCH3 is 3. The zero-order valence-corrected chi connectivity index (χ0v) is 15.8. The van der Waals surface area contributed by atoms with Crippen LogP contribution in [0.4, 0.5) is 0 Å². The number of hydrogen-bond acceptors (Lipinski definition) is 5. The molecule has 8 heteroatoms. The van der Waals surface area contributed by atoms with Crippen LogP contribution in [0.3, 0.4) is 0 Å². The van der Waals surface area contributed by atoms with Crippen LogP contribution in [0.1, 0.15) is 11.1 Å². The first kappa shape index (κ1) is 19.4. The Morgan fingerprint density at radius 2 is 1.60 bits per heavy atom. The smallest absolute Gasteiger partial charge is 0.216 e. The maximum Gasteiger partial charge on any atom is 0.216 e. The van der Waals surface area contributed by atoms with Gasteiger partial charge in [-0.15, -0.1) is 0 Å². The van der Waals surface area contributed by atoms with Crippen LogP contribution in [0.5, 0.6) is 17.2 Å². The summed E-state index contributed by atoms with van der Waals surface area (Å²) in [6.07, 6.45) is 0. The van der Waals surface area contributed by atoms with Crippen LogP contribution in [0, 0.1) is 0 Å². The van der Waals surface area contributed by atoms with Gasteiger partial charge < -0.3 is 14.2 Å². The highest BCUT2D eigenvalue weighted by molar-refractivity contribution is 7.88. The molecular weight excluding hydrogens is 366 g/mol. The van der Waals surface area contributed by atoms with E-state index in [-0.39, 0.29) is 12.3 Å². The number of nitrogens with one attached hydrogen (secondary N) is 1. The molecule has 0 aliphatic carbocycles. The zero-order chi connectivity index (χ0) is 18.4. The minimum absolute atomic E-state index is 0.0868. The lowest BCUT2D eigenvalue weighted by molar-refractivity contribution is 0.323. The molecule has 0 bridgehead atoms. The molecule has 0 aliphatic heterocycles. The van der Waals surface area contributed by atoms with Crippen molar-refractivity contribution in [3.05, 3.63) is 52.5 Å². The monoisotopic (exact) mass is 385 g/mol. The molecule has 0 atom stereocenters. The molecule has 2 aromatic rings. The number of hydrogen-bond donors (Lipinski definition) is 1. The van der Waals surface area contributed by atoms with Crippen molar-refractivity contribution in [1.82, 2.24) is 4.72 Å². The molecule has 0 heterocycles. The fourth-order valence-electron chi connectivity index (χ4n) is 2.30. The highest BCUT2D eigenvalue weighted by Crippen LogP contribution is 2.38. The molecule has 0 aromatic heterocycles. The van der Waals surface area contributed by atoms with Gasteiger partial charge in [-0.2, -0.15) is 0 Å². The number of ether oxygens (including phenoxy) is 3. The van der Waals surface area contributed by atoms with Crippen LogP contribution in [-0.4, -0.2) is 29.7 Å². The third kappa shape index (κ3) is 5.01. The van der Waals surface area contributed by atoms with Gasteiger partial charge in [-0.1, -0.05) is 29.8 Å². The Hall–Kier alpha value is -1.96. The molecule has 0 spiro atoms.